The van der Waals surface area contributed by atoms with Crippen LogP contribution in [0.15, 0.2) is 126 Å². The highest BCUT2D eigenvalue weighted by Crippen LogP contribution is 2.51. The smallest absolute Gasteiger partial charge is 0.435 e. The molecule has 2 fully saturated rings. The van der Waals surface area contributed by atoms with Gasteiger partial charge in [-0.25, -0.2) is 51.1 Å². The number of aliphatic carboxylic acids is 1. The number of aromatic nitrogens is 9. The first kappa shape index (κ1) is 56.6. The van der Waals surface area contributed by atoms with Gasteiger partial charge in [0.15, 0.2) is 5.69 Å². The van der Waals surface area contributed by atoms with Crippen molar-refractivity contribution in [1.82, 2.24) is 54.7 Å². The van der Waals surface area contributed by atoms with Crippen molar-refractivity contribution >= 4 is 62.8 Å². The number of nitrogens with zero attached hydrogens (tertiary/aromatic N) is 10. The van der Waals surface area contributed by atoms with E-state index in [-0.39, 0.29) is 51.9 Å². The van der Waals surface area contributed by atoms with Gasteiger partial charge in [0.05, 0.1) is 39.4 Å². The van der Waals surface area contributed by atoms with Crippen LogP contribution in [0.25, 0.3) is 28.2 Å². The number of aryl methyl sites for hydroxylation is 2. The minimum absolute atomic E-state index is 0.0556. The Kier molecular flexibility index (Phi) is 16.0. The molecule has 3 atom stereocenters. The number of primary sulfonamides is 1. The Labute approximate surface area is 454 Å². The van der Waals surface area contributed by atoms with E-state index >= 15 is 0 Å². The van der Waals surface area contributed by atoms with Gasteiger partial charge in [0, 0.05) is 27.5 Å². The molecule has 2 amide bonds. The highest BCUT2D eigenvalue weighted by atomic mass is 35.5. The maximum absolute atomic E-state index is 14.1. The second-order valence-corrected chi connectivity index (χ2v) is 22.3. The van der Waals surface area contributed by atoms with Crippen molar-refractivity contribution in [3.05, 3.63) is 166 Å². The molecule has 0 aliphatic carbocycles. The van der Waals surface area contributed by atoms with Crippen LogP contribution in [0.4, 0.5) is 22.0 Å². The number of fused-ring (bicyclic) bond motifs is 1. The molecule has 4 aromatic carbocycles. The molecule has 2 saturated heterocycles. The van der Waals surface area contributed by atoms with Crippen LogP contribution in [0.1, 0.15) is 46.8 Å². The number of amides is 2. The lowest BCUT2D eigenvalue weighted by atomic mass is 9.93. The first-order chi connectivity index (χ1) is 36.7. The highest BCUT2D eigenvalue weighted by Gasteiger charge is 2.64. The summed E-state index contributed by atoms with van der Waals surface area (Å²) < 4.78 is 97.7. The standard InChI is InChI=1S/C19H17Cl2N3O5S.C17H14F3N3O2S.C13H12F2N6O/c1-7-10(12(23-29-7)11-8(20)5-4-6-9(11)21)15(25)22-13-16(26)24-14(18(27)28)19(2,3)30-17(13)24;1-11-2-4-12(5-3-11)15-10-16(17(18,19)20)22-23(15)13-6-8-14(9-7-13)26(21,24)25;14-10-1-2-11(12(15)3-10)13(22,4-20-8-16-6-18-20)5-21-9-17-7-19-21/h4-6,13-14,17H,1-3H3,(H,22,25)(H,27,28);2-10H,1H3,(H2,21,24,25);1-3,6-9,22H,4-5H2/t13-,14+,17-;;/m1../s1. The van der Waals surface area contributed by atoms with Gasteiger partial charge in [0.25, 0.3) is 5.91 Å². The minimum Gasteiger partial charge on any atom is -0.480 e. The zero-order valence-corrected chi connectivity index (χ0v) is 44.1. The van der Waals surface area contributed by atoms with E-state index in [9.17, 15) is 55.0 Å². The average molecular weight is 1160 g/mol. The molecular weight excluding hydrogens is 1110 g/mol. The number of carboxylic acid groups (broad SMARTS) is 1. The molecule has 2 aliphatic rings. The monoisotopic (exact) mass is 1160 g/mol. The minimum atomic E-state index is -4.61. The summed E-state index contributed by atoms with van der Waals surface area (Å²) in [6.45, 7) is 6.82. The molecule has 8 aromatic rings. The van der Waals surface area contributed by atoms with Crippen LogP contribution in [-0.4, -0.2) is 108 Å². The van der Waals surface area contributed by atoms with Crippen molar-refractivity contribution in [2.45, 2.75) is 79.7 Å². The second kappa shape index (κ2) is 22.1. The third kappa shape index (κ3) is 11.9. The number of rotatable bonds is 12. The number of carbonyl (C=O) groups excluding carboxylic acids is 2. The van der Waals surface area contributed by atoms with E-state index in [0.717, 1.165) is 28.4 Å². The maximum Gasteiger partial charge on any atom is 0.435 e. The van der Waals surface area contributed by atoms with Crippen molar-refractivity contribution in [3.8, 4) is 28.2 Å². The zero-order chi connectivity index (χ0) is 56.6. The lowest BCUT2D eigenvalue weighted by Crippen LogP contribution is -2.70. The molecule has 0 bridgehead atoms. The highest BCUT2D eigenvalue weighted by molar-refractivity contribution is 8.01. The maximum atomic E-state index is 14.1. The van der Waals surface area contributed by atoms with Gasteiger partial charge in [0.1, 0.15) is 77.0 Å². The van der Waals surface area contributed by atoms with E-state index in [1.165, 1.54) is 81.7 Å². The Hall–Kier alpha value is -7.56. The van der Waals surface area contributed by atoms with Crippen LogP contribution in [0.5, 0.6) is 0 Å². The lowest BCUT2D eigenvalue weighted by molar-refractivity contribution is -0.159. The SMILES string of the molecule is Cc1ccc(-c2cc(C(F)(F)F)nn2-c2ccc(S(N)(=O)=O)cc2)cc1.Cc1onc(-c2c(Cl)cccc2Cl)c1C(=O)N[C@@H]1C(=O)N2[C@@H]1SC(C)(C)[C@@H]2C(=O)O.OC(Cn1cncn1)(Cn1cncn1)c1ccc(F)cc1F. The van der Waals surface area contributed by atoms with Gasteiger partial charge in [-0.1, -0.05) is 70.3 Å². The fourth-order valence-electron chi connectivity index (χ4n) is 8.57. The van der Waals surface area contributed by atoms with Gasteiger partial charge < -0.3 is 25.0 Å². The van der Waals surface area contributed by atoms with Gasteiger partial charge in [0.2, 0.25) is 15.9 Å². The van der Waals surface area contributed by atoms with E-state index in [2.05, 4.69) is 35.7 Å². The summed E-state index contributed by atoms with van der Waals surface area (Å²) in [4.78, 5) is 46.1. The number of carboxylic acids is 1. The van der Waals surface area contributed by atoms with Crippen LogP contribution in [-0.2, 0) is 44.5 Å². The number of aliphatic hydroxyl groups is 1. The van der Waals surface area contributed by atoms with Crippen molar-refractivity contribution in [2.24, 2.45) is 5.14 Å². The number of carbonyl (C=O) groups is 3. The zero-order valence-electron chi connectivity index (χ0n) is 41.0. The molecule has 0 spiro atoms. The predicted molar refractivity (Wildman–Crippen MR) is 272 cm³/mol. The molecule has 2 aliphatic heterocycles. The van der Waals surface area contributed by atoms with Crippen molar-refractivity contribution in [2.75, 3.05) is 0 Å². The van der Waals surface area contributed by atoms with E-state index in [1.807, 2.05) is 6.92 Å². The fraction of sp³-hybridized carbons (Fsp3) is 0.245. The van der Waals surface area contributed by atoms with E-state index in [4.69, 9.17) is 32.9 Å². The Morgan fingerprint density at radius 2 is 1.50 bits per heavy atom. The quantitative estimate of drug-likeness (QED) is 0.0683. The molecule has 4 aromatic heterocycles. The third-order valence-electron chi connectivity index (χ3n) is 12.2. The number of nitrogens with two attached hydrogens (primary N) is 1. The number of sulfonamides is 1. The Balaban J connectivity index is 0.000000156. The number of hydrogen-bond donors (Lipinski definition) is 4. The van der Waals surface area contributed by atoms with Crippen molar-refractivity contribution in [3.63, 3.8) is 0 Å². The van der Waals surface area contributed by atoms with Crippen LogP contribution >= 0.6 is 35.0 Å². The molecule has 408 valence electrons. The Morgan fingerprint density at radius 1 is 0.897 bits per heavy atom. The molecule has 6 heterocycles. The number of benzene rings is 4. The number of hydrogen-bond acceptors (Lipinski definition) is 14. The van der Waals surface area contributed by atoms with Crippen LogP contribution in [0.3, 0.4) is 0 Å². The molecule has 10 rings (SSSR count). The van der Waals surface area contributed by atoms with Crippen LogP contribution in [0, 0.1) is 25.5 Å². The van der Waals surface area contributed by atoms with Crippen molar-refractivity contribution < 1.29 is 59.5 Å². The van der Waals surface area contributed by atoms with Gasteiger partial charge in [-0.15, -0.1) is 11.8 Å². The topological polar surface area (TPSA) is 272 Å². The summed E-state index contributed by atoms with van der Waals surface area (Å²) in [5, 5.41) is 43.8. The van der Waals surface area contributed by atoms with E-state index in [1.54, 1.807) is 63.2 Å². The number of halogens is 7. The number of nitrogens with one attached hydrogen (secondary N) is 1. The average Bonchev–Trinajstić information content (AvgIpc) is 4.40. The van der Waals surface area contributed by atoms with E-state index < -0.39 is 79.1 Å². The summed E-state index contributed by atoms with van der Waals surface area (Å²) in [7, 11) is -3.90. The largest absolute Gasteiger partial charge is 0.480 e. The van der Waals surface area contributed by atoms with Gasteiger partial charge in [-0.3, -0.25) is 9.59 Å². The molecule has 78 heavy (non-hydrogen) atoms. The molecule has 0 unspecified atom stereocenters. The number of alkyl halides is 3. The van der Waals surface area contributed by atoms with Crippen LogP contribution in [0.2, 0.25) is 10.0 Å². The first-order valence-corrected chi connectivity index (χ1v) is 26.0. The Bertz CT molecular complexity index is 3570. The fourth-order valence-corrected chi connectivity index (χ4v) is 11.3. The first-order valence-electron chi connectivity index (χ1n) is 22.8. The third-order valence-corrected chi connectivity index (χ3v) is 15.4. The number of β-lactam (4-membered cyclic amide) rings is 1. The normalized spacial score (nSPS) is 16.8. The van der Waals surface area contributed by atoms with E-state index in [0.29, 0.717) is 21.2 Å². The molecule has 20 nitrogen and oxygen atoms in total. The molecule has 5 N–H and O–H groups in total. The lowest BCUT2D eigenvalue weighted by Gasteiger charge is -2.43. The summed E-state index contributed by atoms with van der Waals surface area (Å²) in [6.07, 6.45) is 0.792. The summed E-state index contributed by atoms with van der Waals surface area (Å²) in [6, 6.07) is 19.2. The number of thioether (sulfide) groups is 1. The Morgan fingerprint density at radius 3 is 2.03 bits per heavy atom. The predicted octanol–water partition coefficient (Wildman–Crippen LogP) is 7.45. The van der Waals surface area contributed by atoms with Gasteiger partial charge in [-0.05, 0) is 76.2 Å². The van der Waals surface area contributed by atoms with Crippen LogP contribution < -0.4 is 10.5 Å². The van der Waals surface area contributed by atoms with Crippen molar-refractivity contribution in [1.29, 1.82) is 0 Å². The summed E-state index contributed by atoms with van der Waals surface area (Å²) in [5.74, 6) is -3.41. The summed E-state index contributed by atoms with van der Waals surface area (Å²) in [5.41, 5.74) is -0.110. The molecule has 0 radical (unpaired) electrons. The molecule has 0 saturated carbocycles. The molecule has 29 heteroatoms. The molecular formula is C49H43Cl2F5N12O8S2. The summed E-state index contributed by atoms with van der Waals surface area (Å²) >= 11 is 13.8. The van der Waals surface area contributed by atoms with Gasteiger partial charge >= 0.3 is 12.1 Å². The second-order valence-electron chi connectivity index (χ2n) is 18.2. The van der Waals surface area contributed by atoms with Gasteiger partial charge in [-0.2, -0.15) is 28.5 Å².